The molecule has 0 bridgehead atoms. The van der Waals surface area contributed by atoms with Crippen molar-refractivity contribution in [3.05, 3.63) is 42.0 Å². The summed E-state index contributed by atoms with van der Waals surface area (Å²) in [6, 6.07) is 4.67. The Labute approximate surface area is 137 Å². The van der Waals surface area contributed by atoms with E-state index in [2.05, 4.69) is 10.1 Å². The van der Waals surface area contributed by atoms with Gasteiger partial charge in [0.05, 0.1) is 13.2 Å². The van der Waals surface area contributed by atoms with Crippen LogP contribution in [0.2, 0.25) is 0 Å². The molecule has 0 radical (unpaired) electrons. The number of alkyl halides is 3. The Balaban J connectivity index is 1.68. The van der Waals surface area contributed by atoms with Gasteiger partial charge in [0.25, 0.3) is 0 Å². The summed E-state index contributed by atoms with van der Waals surface area (Å²) in [5.74, 6) is 0.305. The second-order valence-electron chi connectivity index (χ2n) is 5.86. The quantitative estimate of drug-likeness (QED) is 0.930. The third-order valence-electron chi connectivity index (χ3n) is 4.37. The normalized spacial score (nSPS) is 16.6. The van der Waals surface area contributed by atoms with Gasteiger partial charge in [0.2, 0.25) is 0 Å². The molecule has 0 unspecified atom stereocenters. The molecule has 0 atom stereocenters. The average molecular weight is 340 g/mol. The number of hydrogen-bond acceptors (Lipinski definition) is 4. The van der Waals surface area contributed by atoms with Crippen molar-refractivity contribution < 1.29 is 18.3 Å². The number of pyridine rings is 1. The molecule has 1 aliphatic heterocycles. The molecule has 3 rings (SSSR count). The first-order valence-corrected chi connectivity index (χ1v) is 7.90. The Bertz CT molecular complexity index is 678. The lowest BCUT2D eigenvalue weighted by Crippen LogP contribution is -2.33. The van der Waals surface area contributed by atoms with Crippen LogP contribution in [0.25, 0.3) is 0 Å². The molecule has 0 aromatic carbocycles. The van der Waals surface area contributed by atoms with Gasteiger partial charge in [-0.3, -0.25) is 9.67 Å². The smallest absolute Gasteiger partial charge is 0.394 e. The van der Waals surface area contributed by atoms with Gasteiger partial charge >= 0.3 is 6.18 Å². The predicted molar refractivity (Wildman–Crippen MR) is 82.7 cm³/mol. The second-order valence-corrected chi connectivity index (χ2v) is 5.86. The maximum atomic E-state index is 12.8. The van der Waals surface area contributed by atoms with Gasteiger partial charge in [-0.05, 0) is 31.0 Å². The van der Waals surface area contributed by atoms with Crippen LogP contribution in [0.3, 0.4) is 0 Å². The highest BCUT2D eigenvalue weighted by Gasteiger charge is 2.33. The van der Waals surface area contributed by atoms with Gasteiger partial charge in [0.1, 0.15) is 5.69 Å². The van der Waals surface area contributed by atoms with E-state index in [1.807, 2.05) is 11.0 Å². The zero-order valence-corrected chi connectivity index (χ0v) is 13.1. The predicted octanol–water partition coefficient (Wildman–Crippen LogP) is 2.67. The van der Waals surface area contributed by atoms with Crippen molar-refractivity contribution in [1.82, 2.24) is 14.8 Å². The highest BCUT2D eigenvalue weighted by atomic mass is 19.4. The number of piperidine rings is 1. The summed E-state index contributed by atoms with van der Waals surface area (Å²) in [6.45, 7) is 1.85. The second kappa shape index (κ2) is 6.80. The third kappa shape index (κ3) is 3.53. The maximum Gasteiger partial charge on any atom is 0.433 e. The number of nitrogens with zero attached hydrogens (tertiary/aromatic N) is 4. The van der Waals surface area contributed by atoms with E-state index >= 15 is 0 Å². The zero-order valence-electron chi connectivity index (χ0n) is 13.1. The van der Waals surface area contributed by atoms with E-state index in [-0.39, 0.29) is 6.61 Å². The number of aromatic nitrogens is 3. The number of aliphatic hydroxyl groups excluding tert-OH is 1. The van der Waals surface area contributed by atoms with Crippen LogP contribution in [0.15, 0.2) is 30.6 Å². The minimum atomic E-state index is -4.43. The van der Waals surface area contributed by atoms with E-state index < -0.39 is 11.9 Å². The molecule has 0 amide bonds. The van der Waals surface area contributed by atoms with Gasteiger partial charge in [-0.2, -0.15) is 18.3 Å². The fourth-order valence-electron chi connectivity index (χ4n) is 3.18. The van der Waals surface area contributed by atoms with Gasteiger partial charge in [0.15, 0.2) is 0 Å². The monoisotopic (exact) mass is 340 g/mol. The number of aliphatic hydroxyl groups is 1. The van der Waals surface area contributed by atoms with E-state index in [0.717, 1.165) is 24.6 Å². The minimum Gasteiger partial charge on any atom is -0.394 e. The first kappa shape index (κ1) is 16.8. The summed E-state index contributed by atoms with van der Waals surface area (Å²) in [5.41, 5.74) is 0.775. The van der Waals surface area contributed by atoms with Crippen molar-refractivity contribution in [1.29, 1.82) is 0 Å². The van der Waals surface area contributed by atoms with Gasteiger partial charge in [0, 0.05) is 42.8 Å². The summed E-state index contributed by atoms with van der Waals surface area (Å²) in [7, 11) is 0. The molecule has 5 nitrogen and oxygen atoms in total. The summed E-state index contributed by atoms with van der Waals surface area (Å²) in [6.07, 6.45) is 0.170. The lowest BCUT2D eigenvalue weighted by atomic mass is 9.93. The molecule has 0 aliphatic carbocycles. The Morgan fingerprint density at radius 1 is 1.17 bits per heavy atom. The largest absolute Gasteiger partial charge is 0.433 e. The van der Waals surface area contributed by atoms with Crippen LogP contribution in [-0.2, 0) is 12.7 Å². The van der Waals surface area contributed by atoms with Crippen molar-refractivity contribution >= 4 is 5.69 Å². The zero-order chi connectivity index (χ0) is 17.2. The van der Waals surface area contributed by atoms with Crippen LogP contribution in [0.5, 0.6) is 0 Å². The minimum absolute atomic E-state index is 0.0325. The Morgan fingerprint density at radius 3 is 2.58 bits per heavy atom. The van der Waals surface area contributed by atoms with Gasteiger partial charge in [-0.1, -0.05) is 0 Å². The summed E-state index contributed by atoms with van der Waals surface area (Å²) in [5, 5.41) is 13.3. The standard InChI is InChI=1S/C16H19F3N4O/c17-16(18,19)15-11-13(1-5-20-15)22-7-3-12(4-8-22)14-2-6-21-23(14)9-10-24/h1-2,5-6,11-12,24H,3-4,7-10H2. The van der Waals surface area contributed by atoms with Crippen molar-refractivity contribution in [3.63, 3.8) is 0 Å². The van der Waals surface area contributed by atoms with E-state index in [1.165, 1.54) is 6.20 Å². The van der Waals surface area contributed by atoms with Crippen LogP contribution in [0, 0.1) is 0 Å². The molecule has 1 aliphatic rings. The molecular weight excluding hydrogens is 321 g/mol. The molecule has 24 heavy (non-hydrogen) atoms. The van der Waals surface area contributed by atoms with Crippen LogP contribution < -0.4 is 4.90 Å². The number of anilines is 1. The van der Waals surface area contributed by atoms with Gasteiger partial charge in [-0.25, -0.2) is 0 Å². The van der Waals surface area contributed by atoms with E-state index in [0.29, 0.717) is 31.2 Å². The Morgan fingerprint density at radius 2 is 1.92 bits per heavy atom. The summed E-state index contributed by atoms with van der Waals surface area (Å²) >= 11 is 0. The molecule has 2 aromatic heterocycles. The highest BCUT2D eigenvalue weighted by molar-refractivity contribution is 5.47. The number of halogens is 3. The molecule has 1 fully saturated rings. The van der Waals surface area contributed by atoms with E-state index in [9.17, 15) is 13.2 Å². The molecule has 2 aromatic rings. The average Bonchev–Trinajstić information content (AvgIpc) is 3.03. The lowest BCUT2D eigenvalue weighted by molar-refractivity contribution is -0.141. The Kier molecular flexibility index (Phi) is 4.75. The molecule has 0 saturated carbocycles. The molecule has 8 heteroatoms. The van der Waals surface area contributed by atoms with Crippen molar-refractivity contribution in [2.24, 2.45) is 0 Å². The Hall–Kier alpha value is -2.09. The fourth-order valence-corrected chi connectivity index (χ4v) is 3.18. The third-order valence-corrected chi connectivity index (χ3v) is 4.37. The molecule has 1 saturated heterocycles. The number of hydrogen-bond donors (Lipinski definition) is 1. The van der Waals surface area contributed by atoms with Crippen LogP contribution >= 0.6 is 0 Å². The molecule has 0 spiro atoms. The fraction of sp³-hybridized carbons (Fsp3) is 0.500. The summed E-state index contributed by atoms with van der Waals surface area (Å²) in [4.78, 5) is 5.36. The van der Waals surface area contributed by atoms with Crippen LogP contribution in [0.1, 0.15) is 30.1 Å². The van der Waals surface area contributed by atoms with Crippen molar-refractivity contribution in [3.8, 4) is 0 Å². The maximum absolute atomic E-state index is 12.8. The number of rotatable bonds is 4. The van der Waals surface area contributed by atoms with Gasteiger partial charge < -0.3 is 10.0 Å². The van der Waals surface area contributed by atoms with Crippen molar-refractivity contribution in [2.45, 2.75) is 31.5 Å². The van der Waals surface area contributed by atoms with Crippen LogP contribution in [-0.4, -0.2) is 39.6 Å². The van der Waals surface area contributed by atoms with Crippen molar-refractivity contribution in [2.75, 3.05) is 24.6 Å². The van der Waals surface area contributed by atoms with E-state index in [1.54, 1.807) is 16.9 Å². The SMILES string of the molecule is OCCn1nccc1C1CCN(c2ccnc(C(F)(F)F)c2)CC1. The molecule has 1 N–H and O–H groups in total. The summed E-state index contributed by atoms with van der Waals surface area (Å²) < 4.78 is 40.2. The van der Waals surface area contributed by atoms with Gasteiger partial charge in [-0.15, -0.1) is 0 Å². The molecular formula is C16H19F3N4O. The topological polar surface area (TPSA) is 54.2 Å². The first-order chi connectivity index (χ1) is 11.5. The first-order valence-electron chi connectivity index (χ1n) is 7.90. The highest BCUT2D eigenvalue weighted by Crippen LogP contribution is 2.33. The van der Waals surface area contributed by atoms with Crippen LogP contribution in [0.4, 0.5) is 18.9 Å². The molecule has 3 heterocycles. The lowest BCUT2D eigenvalue weighted by Gasteiger charge is -2.34. The van der Waals surface area contributed by atoms with E-state index in [4.69, 9.17) is 5.11 Å². The molecule has 130 valence electrons.